The minimum Gasteiger partial charge on any atom is -0.267 e. The molecule has 2 N–H and O–H groups in total. The lowest BCUT2D eigenvalue weighted by molar-refractivity contribution is 0.0638. The van der Waals surface area contributed by atoms with Gasteiger partial charge in [-0.3, -0.25) is 14.5 Å². The number of nitrogens with two attached hydrogens (primary N) is 1. The van der Waals surface area contributed by atoms with Crippen LogP contribution >= 0.6 is 0 Å². The van der Waals surface area contributed by atoms with E-state index >= 15 is 0 Å². The van der Waals surface area contributed by atoms with Crippen molar-refractivity contribution in [3.05, 3.63) is 53.6 Å². The number of carbonyl (C=O) groups is 2. The summed E-state index contributed by atoms with van der Waals surface area (Å²) in [7, 11) is -3.78. The number of aromatic nitrogens is 2. The minimum absolute atomic E-state index is 0.000601. The Labute approximate surface area is 125 Å². The molecule has 0 saturated carbocycles. The van der Waals surface area contributed by atoms with Crippen LogP contribution < -0.4 is 5.14 Å². The van der Waals surface area contributed by atoms with Crippen LogP contribution in [0.4, 0.5) is 0 Å². The molecule has 1 aliphatic rings. The Balaban J connectivity index is 1.86. The average Bonchev–Trinajstić information content (AvgIpc) is 2.73. The van der Waals surface area contributed by atoms with E-state index in [0.29, 0.717) is 5.56 Å². The molecule has 0 saturated heterocycles. The smallest absolute Gasteiger partial charge is 0.267 e. The van der Waals surface area contributed by atoms with Crippen LogP contribution in [0.5, 0.6) is 0 Å². The van der Waals surface area contributed by atoms with Gasteiger partial charge in [0.1, 0.15) is 0 Å². The number of imide groups is 1. The fourth-order valence-corrected chi connectivity index (χ4v) is 2.63. The summed E-state index contributed by atoms with van der Waals surface area (Å²) in [5.41, 5.74) is 0.629. The Hall–Kier alpha value is -2.65. The lowest BCUT2D eigenvalue weighted by Gasteiger charge is -2.13. The molecule has 1 aromatic heterocycles. The third-order valence-electron chi connectivity index (χ3n) is 3.19. The second kappa shape index (κ2) is 4.97. The van der Waals surface area contributed by atoms with Crippen molar-refractivity contribution < 1.29 is 18.0 Å². The maximum atomic E-state index is 12.1. The van der Waals surface area contributed by atoms with Gasteiger partial charge < -0.3 is 0 Å². The molecule has 0 spiro atoms. The molecule has 2 aromatic rings. The van der Waals surface area contributed by atoms with Crippen molar-refractivity contribution in [2.24, 2.45) is 5.14 Å². The topological polar surface area (TPSA) is 123 Å². The summed E-state index contributed by atoms with van der Waals surface area (Å²) in [6, 6.07) is 5.62. The minimum atomic E-state index is -3.78. The number of amides is 2. The normalized spacial score (nSPS) is 14.3. The molecular weight excluding hydrogens is 308 g/mol. The van der Waals surface area contributed by atoms with Crippen LogP contribution in [0.1, 0.15) is 26.5 Å². The Morgan fingerprint density at radius 3 is 1.91 bits per heavy atom. The summed E-state index contributed by atoms with van der Waals surface area (Å²) in [5.74, 6) is -1.05. The highest BCUT2D eigenvalue weighted by molar-refractivity contribution is 7.89. The molecule has 2 heterocycles. The maximum Gasteiger partial charge on any atom is 0.282 e. The van der Waals surface area contributed by atoms with E-state index in [4.69, 9.17) is 5.14 Å². The molecule has 3 rings (SSSR count). The van der Waals surface area contributed by atoms with Gasteiger partial charge in [0.05, 0.1) is 11.4 Å². The van der Waals surface area contributed by atoms with Gasteiger partial charge in [0.15, 0.2) is 11.4 Å². The molecule has 112 valence electrons. The predicted octanol–water partition coefficient (Wildman–Crippen LogP) is -0.0798. The molecule has 1 aromatic carbocycles. The van der Waals surface area contributed by atoms with Gasteiger partial charge in [-0.1, -0.05) is 12.1 Å². The van der Waals surface area contributed by atoms with Crippen LogP contribution in [0.3, 0.4) is 0 Å². The standard InChI is InChI=1S/C13H10N4O4S/c14-22(20,21)9-3-1-8(2-4-9)7-17-12(18)10-11(13(17)19)16-6-5-15-10/h1-6H,7H2,(H2,14,20,21). The first-order chi connectivity index (χ1) is 10.4. The van der Waals surface area contributed by atoms with Crippen LogP contribution in [-0.4, -0.2) is 35.1 Å². The Bertz CT molecular complexity index is 842. The Morgan fingerprint density at radius 1 is 0.955 bits per heavy atom. The van der Waals surface area contributed by atoms with E-state index in [1.807, 2.05) is 0 Å². The number of rotatable bonds is 3. The summed E-state index contributed by atoms with van der Waals surface area (Å²) in [5, 5.41) is 5.01. The van der Waals surface area contributed by atoms with Crippen LogP contribution in [-0.2, 0) is 16.6 Å². The number of carbonyl (C=O) groups excluding carboxylic acids is 2. The van der Waals surface area contributed by atoms with Crippen molar-refractivity contribution in [3.8, 4) is 0 Å². The van der Waals surface area contributed by atoms with Crippen molar-refractivity contribution >= 4 is 21.8 Å². The van der Waals surface area contributed by atoms with Gasteiger partial charge in [-0.2, -0.15) is 0 Å². The van der Waals surface area contributed by atoms with Crippen molar-refractivity contribution in [3.63, 3.8) is 0 Å². The molecule has 0 radical (unpaired) electrons. The van der Waals surface area contributed by atoms with Crippen LogP contribution in [0.2, 0.25) is 0 Å². The number of hydrogen-bond acceptors (Lipinski definition) is 6. The second-order valence-corrected chi connectivity index (χ2v) is 6.20. The zero-order valence-corrected chi connectivity index (χ0v) is 11.9. The number of benzene rings is 1. The first-order valence-corrected chi connectivity index (χ1v) is 7.71. The average molecular weight is 318 g/mol. The van der Waals surface area contributed by atoms with Crippen LogP contribution in [0, 0.1) is 0 Å². The molecule has 2 amide bonds. The summed E-state index contributed by atoms with van der Waals surface area (Å²) in [6.07, 6.45) is 2.68. The number of nitrogens with zero attached hydrogens (tertiary/aromatic N) is 3. The third-order valence-corrected chi connectivity index (χ3v) is 4.12. The van der Waals surface area contributed by atoms with E-state index in [9.17, 15) is 18.0 Å². The number of hydrogen-bond donors (Lipinski definition) is 1. The molecule has 0 unspecified atom stereocenters. The first-order valence-electron chi connectivity index (χ1n) is 6.17. The van der Waals surface area contributed by atoms with Gasteiger partial charge in [-0.05, 0) is 17.7 Å². The highest BCUT2D eigenvalue weighted by atomic mass is 32.2. The molecular formula is C13H10N4O4S. The molecule has 0 atom stereocenters. The Kier molecular flexibility index (Phi) is 3.23. The van der Waals surface area contributed by atoms with E-state index in [2.05, 4.69) is 9.97 Å². The largest absolute Gasteiger partial charge is 0.282 e. The maximum absolute atomic E-state index is 12.1. The molecule has 0 bridgehead atoms. The van der Waals surface area contributed by atoms with E-state index in [-0.39, 0.29) is 22.8 Å². The van der Waals surface area contributed by atoms with Gasteiger partial charge in [0.25, 0.3) is 11.8 Å². The van der Waals surface area contributed by atoms with Gasteiger partial charge >= 0.3 is 0 Å². The lowest BCUT2D eigenvalue weighted by Crippen LogP contribution is -2.29. The quantitative estimate of drug-likeness (QED) is 0.789. The van der Waals surface area contributed by atoms with Crippen LogP contribution in [0.15, 0.2) is 41.6 Å². The predicted molar refractivity (Wildman–Crippen MR) is 74.1 cm³/mol. The van der Waals surface area contributed by atoms with Crippen molar-refractivity contribution in [2.45, 2.75) is 11.4 Å². The van der Waals surface area contributed by atoms with Gasteiger partial charge in [-0.15, -0.1) is 0 Å². The van der Waals surface area contributed by atoms with Gasteiger partial charge in [-0.25, -0.2) is 23.5 Å². The molecule has 9 heteroatoms. The molecule has 22 heavy (non-hydrogen) atoms. The monoisotopic (exact) mass is 318 g/mol. The zero-order chi connectivity index (χ0) is 15.9. The number of fused-ring (bicyclic) bond motifs is 1. The fraction of sp³-hybridized carbons (Fsp3) is 0.0769. The first kappa shape index (κ1) is 14.3. The molecule has 0 fully saturated rings. The molecule has 8 nitrogen and oxygen atoms in total. The van der Waals surface area contributed by atoms with Crippen molar-refractivity contribution in [2.75, 3.05) is 0 Å². The highest BCUT2D eigenvalue weighted by Gasteiger charge is 2.37. The third kappa shape index (κ3) is 2.36. The number of sulfonamides is 1. The summed E-state index contributed by atoms with van der Waals surface area (Å²) < 4.78 is 22.4. The second-order valence-electron chi connectivity index (χ2n) is 4.64. The highest BCUT2D eigenvalue weighted by Crippen LogP contribution is 2.21. The van der Waals surface area contributed by atoms with Crippen LogP contribution in [0.25, 0.3) is 0 Å². The summed E-state index contributed by atoms with van der Waals surface area (Å²) in [4.78, 5) is 32.9. The zero-order valence-electron chi connectivity index (χ0n) is 11.1. The number of primary sulfonamides is 1. The molecule has 1 aliphatic heterocycles. The van der Waals surface area contributed by atoms with E-state index in [1.54, 1.807) is 0 Å². The van der Waals surface area contributed by atoms with E-state index in [1.165, 1.54) is 36.7 Å². The lowest BCUT2D eigenvalue weighted by atomic mass is 10.2. The van der Waals surface area contributed by atoms with Gasteiger partial charge in [0.2, 0.25) is 10.0 Å². The van der Waals surface area contributed by atoms with Gasteiger partial charge in [0, 0.05) is 12.4 Å². The SMILES string of the molecule is NS(=O)(=O)c1ccc(CN2C(=O)c3nccnc3C2=O)cc1. The Morgan fingerprint density at radius 2 is 1.45 bits per heavy atom. The van der Waals surface area contributed by atoms with Crippen molar-refractivity contribution in [1.29, 1.82) is 0 Å². The van der Waals surface area contributed by atoms with E-state index in [0.717, 1.165) is 4.90 Å². The summed E-state index contributed by atoms with van der Waals surface area (Å²) in [6.45, 7) is 0.000601. The fourth-order valence-electron chi connectivity index (χ4n) is 2.11. The molecule has 0 aliphatic carbocycles. The van der Waals surface area contributed by atoms with E-state index < -0.39 is 21.8 Å². The summed E-state index contributed by atoms with van der Waals surface area (Å²) >= 11 is 0. The van der Waals surface area contributed by atoms with Crippen molar-refractivity contribution in [1.82, 2.24) is 14.9 Å².